The zero-order valence-corrected chi connectivity index (χ0v) is 22.8. The molecule has 0 saturated heterocycles. The van der Waals surface area contributed by atoms with Gasteiger partial charge in [0.25, 0.3) is 11.8 Å². The molecule has 0 saturated carbocycles. The van der Waals surface area contributed by atoms with E-state index in [1.54, 1.807) is 35.1 Å². The van der Waals surface area contributed by atoms with Gasteiger partial charge in [-0.3, -0.25) is 23.9 Å². The molecule has 1 aliphatic heterocycles. The van der Waals surface area contributed by atoms with Gasteiger partial charge in [0, 0.05) is 63.4 Å². The van der Waals surface area contributed by atoms with Gasteiger partial charge in [-0.15, -0.1) is 0 Å². The molecule has 11 nitrogen and oxygen atoms in total. The van der Waals surface area contributed by atoms with Gasteiger partial charge >= 0.3 is 0 Å². The fraction of sp³-hybridized carbons (Fsp3) is 0.593. The van der Waals surface area contributed by atoms with Crippen molar-refractivity contribution in [3.8, 4) is 0 Å². The molecule has 38 heavy (non-hydrogen) atoms. The average Bonchev–Trinajstić information content (AvgIpc) is 3.53. The summed E-state index contributed by atoms with van der Waals surface area (Å²) < 4.78 is 1.75. The maximum absolute atomic E-state index is 13.8. The van der Waals surface area contributed by atoms with Crippen molar-refractivity contribution in [3.05, 3.63) is 41.0 Å². The van der Waals surface area contributed by atoms with Crippen LogP contribution >= 0.6 is 0 Å². The van der Waals surface area contributed by atoms with Crippen molar-refractivity contribution in [1.82, 2.24) is 34.8 Å². The number of H-pyrrole nitrogens is 1. The smallest absolute Gasteiger partial charge is 0.274 e. The zero-order chi connectivity index (χ0) is 27.4. The van der Waals surface area contributed by atoms with Crippen LogP contribution in [0, 0.1) is 5.92 Å². The molecule has 4 amide bonds. The monoisotopic (exact) mass is 525 g/mol. The van der Waals surface area contributed by atoms with Gasteiger partial charge in [0.2, 0.25) is 11.8 Å². The van der Waals surface area contributed by atoms with E-state index in [-0.39, 0.29) is 42.8 Å². The first-order chi connectivity index (χ1) is 18.2. The van der Waals surface area contributed by atoms with Crippen LogP contribution in [0.4, 0.5) is 0 Å². The quantitative estimate of drug-likeness (QED) is 0.621. The number of likely N-dealkylation sites (N-methyl/N-ethyl adjacent to an activating group) is 1. The minimum absolute atomic E-state index is 0.0407. The van der Waals surface area contributed by atoms with Gasteiger partial charge in [0.05, 0.1) is 12.1 Å². The Bertz CT molecular complexity index is 1170. The second kappa shape index (κ2) is 11.8. The molecule has 0 radical (unpaired) electrons. The number of nitrogens with one attached hydrogen (secondary N) is 2. The normalized spacial score (nSPS) is 19.8. The van der Waals surface area contributed by atoms with E-state index in [2.05, 4.69) is 29.2 Å². The van der Waals surface area contributed by atoms with Crippen LogP contribution in [0.1, 0.15) is 65.2 Å². The van der Waals surface area contributed by atoms with E-state index in [4.69, 9.17) is 0 Å². The highest BCUT2D eigenvalue weighted by Gasteiger charge is 2.35. The minimum atomic E-state index is -0.298. The highest BCUT2D eigenvalue weighted by atomic mass is 16.2. The maximum Gasteiger partial charge on any atom is 0.274 e. The van der Waals surface area contributed by atoms with Gasteiger partial charge in [-0.25, -0.2) is 0 Å². The fourth-order valence-corrected chi connectivity index (χ4v) is 5.28. The van der Waals surface area contributed by atoms with Crippen molar-refractivity contribution in [3.63, 3.8) is 0 Å². The van der Waals surface area contributed by atoms with Gasteiger partial charge in [-0.1, -0.05) is 13.8 Å². The first-order valence-electron chi connectivity index (χ1n) is 13.4. The largest absolute Gasteiger partial charge is 0.367 e. The maximum atomic E-state index is 13.8. The number of aromatic amines is 1. The van der Waals surface area contributed by atoms with Gasteiger partial charge < -0.3 is 25.0 Å². The third kappa shape index (κ3) is 6.08. The Morgan fingerprint density at radius 2 is 1.97 bits per heavy atom. The molecule has 2 N–H and O–H groups in total. The van der Waals surface area contributed by atoms with Gasteiger partial charge in [-0.05, 0) is 44.1 Å². The summed E-state index contributed by atoms with van der Waals surface area (Å²) in [6.45, 7) is 5.37. The average molecular weight is 526 g/mol. The molecule has 1 atom stereocenters. The molecule has 2 aliphatic rings. The molecular weight excluding hydrogens is 486 g/mol. The van der Waals surface area contributed by atoms with Crippen molar-refractivity contribution in [2.45, 2.75) is 52.0 Å². The Morgan fingerprint density at radius 3 is 2.68 bits per heavy atom. The molecule has 4 rings (SSSR count). The number of amides is 4. The first kappa shape index (κ1) is 27.4. The second-order valence-corrected chi connectivity index (χ2v) is 10.8. The van der Waals surface area contributed by atoms with Crippen molar-refractivity contribution >= 4 is 23.6 Å². The van der Waals surface area contributed by atoms with E-state index in [1.807, 2.05) is 11.9 Å². The predicted octanol–water partition coefficient (Wildman–Crippen LogP) is 1.21. The molecule has 3 heterocycles. The molecule has 1 unspecified atom stereocenters. The molecule has 1 aliphatic carbocycles. The van der Waals surface area contributed by atoms with Crippen LogP contribution in [-0.4, -0.2) is 98.9 Å². The number of carbonyl (C=O) groups is 4. The van der Waals surface area contributed by atoms with Crippen molar-refractivity contribution in [1.29, 1.82) is 0 Å². The summed E-state index contributed by atoms with van der Waals surface area (Å²) in [6.07, 6.45) is 6.60. The Labute approximate surface area is 223 Å². The molecule has 11 heteroatoms. The van der Waals surface area contributed by atoms with Crippen molar-refractivity contribution in [2.24, 2.45) is 13.0 Å². The number of hydrogen-bond acceptors (Lipinski definition) is 5. The lowest BCUT2D eigenvalue weighted by Gasteiger charge is -2.36. The van der Waals surface area contributed by atoms with E-state index >= 15 is 0 Å². The molecular formula is C27H39N7O4. The van der Waals surface area contributed by atoms with Crippen LogP contribution in [0.25, 0.3) is 0 Å². The molecule has 0 aromatic carbocycles. The van der Waals surface area contributed by atoms with Crippen molar-refractivity contribution in [2.75, 3.05) is 39.8 Å². The lowest BCUT2D eigenvalue weighted by atomic mass is 9.89. The van der Waals surface area contributed by atoms with Gasteiger partial charge in [-0.2, -0.15) is 5.10 Å². The fourth-order valence-electron chi connectivity index (χ4n) is 5.28. The standard InChI is InChI=1S/C27H39N7O4/c1-18(2)9-13-34-20-6-7-22-21(14-20)25(30-32(22)4)27(38)31(3)16-23(35)29-10-5-12-33(17-24(34)36)26(37)19-8-11-28-15-19/h8,11,15,18,20,28H,5-7,9-10,12-14,16-17H2,1-4H3,(H,29,35). The van der Waals surface area contributed by atoms with E-state index in [1.165, 1.54) is 4.90 Å². The summed E-state index contributed by atoms with van der Waals surface area (Å²) in [7, 11) is 3.43. The Balaban J connectivity index is 1.68. The molecule has 2 aromatic rings. The summed E-state index contributed by atoms with van der Waals surface area (Å²) in [5, 5.41) is 7.35. The highest BCUT2D eigenvalue weighted by molar-refractivity contribution is 5.97. The van der Waals surface area contributed by atoms with Crippen LogP contribution in [0.3, 0.4) is 0 Å². The first-order valence-corrected chi connectivity index (χ1v) is 13.4. The molecule has 0 fully saturated rings. The summed E-state index contributed by atoms with van der Waals surface area (Å²) >= 11 is 0. The zero-order valence-electron chi connectivity index (χ0n) is 22.8. The third-order valence-electron chi connectivity index (χ3n) is 7.45. The van der Waals surface area contributed by atoms with Gasteiger partial charge in [0.1, 0.15) is 6.54 Å². The van der Waals surface area contributed by atoms with Crippen LogP contribution in [0.15, 0.2) is 18.5 Å². The molecule has 2 bridgehead atoms. The van der Waals surface area contributed by atoms with E-state index in [0.29, 0.717) is 56.1 Å². The summed E-state index contributed by atoms with van der Waals surface area (Å²) in [5.74, 6) is -0.495. The molecule has 0 spiro atoms. The van der Waals surface area contributed by atoms with E-state index in [9.17, 15) is 19.2 Å². The molecule has 206 valence electrons. The lowest BCUT2D eigenvalue weighted by Crippen LogP contribution is -2.50. The SMILES string of the molecule is CC(C)CCN1C(=O)CN(C(=O)c2cc[nH]c2)CCCNC(=O)CN(C)C(=O)c2nn(C)c3c2CC1CC3. The Hall–Kier alpha value is -3.63. The number of carbonyl (C=O) groups excluding carboxylic acids is 4. The Morgan fingerprint density at radius 1 is 1.18 bits per heavy atom. The predicted molar refractivity (Wildman–Crippen MR) is 141 cm³/mol. The number of aryl methyl sites for hydroxylation is 1. The summed E-state index contributed by atoms with van der Waals surface area (Å²) in [4.78, 5) is 60.7. The topological polar surface area (TPSA) is 124 Å². The summed E-state index contributed by atoms with van der Waals surface area (Å²) in [5.41, 5.74) is 2.67. The van der Waals surface area contributed by atoms with Gasteiger partial charge in [0.15, 0.2) is 5.69 Å². The van der Waals surface area contributed by atoms with Crippen LogP contribution in [0.5, 0.6) is 0 Å². The number of rotatable bonds is 4. The van der Waals surface area contributed by atoms with Crippen LogP contribution < -0.4 is 5.32 Å². The Kier molecular flexibility index (Phi) is 8.53. The van der Waals surface area contributed by atoms with Crippen molar-refractivity contribution < 1.29 is 19.2 Å². The lowest BCUT2D eigenvalue weighted by molar-refractivity contribution is -0.134. The summed E-state index contributed by atoms with van der Waals surface area (Å²) in [6, 6.07) is 1.60. The third-order valence-corrected chi connectivity index (χ3v) is 7.45. The highest BCUT2D eigenvalue weighted by Crippen LogP contribution is 2.28. The van der Waals surface area contributed by atoms with E-state index < -0.39 is 0 Å². The number of nitrogens with zero attached hydrogens (tertiary/aromatic N) is 5. The van der Waals surface area contributed by atoms with Crippen LogP contribution in [0.2, 0.25) is 0 Å². The molecule has 2 aromatic heterocycles. The second-order valence-electron chi connectivity index (χ2n) is 10.8. The minimum Gasteiger partial charge on any atom is -0.367 e. The van der Waals surface area contributed by atoms with E-state index in [0.717, 1.165) is 24.1 Å². The number of aromatic nitrogens is 3. The van der Waals surface area contributed by atoms with Crippen LogP contribution in [-0.2, 0) is 29.5 Å². The number of fused-ring (bicyclic) bond motifs is 1. The number of hydrogen-bond donors (Lipinski definition) is 2.